The second-order valence-electron chi connectivity index (χ2n) is 10.9. The van der Waals surface area contributed by atoms with Gasteiger partial charge in [-0.3, -0.25) is 9.59 Å². The van der Waals surface area contributed by atoms with Gasteiger partial charge in [0.2, 0.25) is 11.8 Å². The fourth-order valence-corrected chi connectivity index (χ4v) is 4.23. The summed E-state index contributed by atoms with van der Waals surface area (Å²) in [7, 11) is 11.9. The minimum atomic E-state index is 0.209. The summed E-state index contributed by atoms with van der Waals surface area (Å²) in [5.74, 6) is 0.419. The number of carbonyl (C=O) groups excluding carboxylic acids is 2. The number of amides is 2. The van der Waals surface area contributed by atoms with Gasteiger partial charge in [0.1, 0.15) is 0 Å². The molecule has 0 saturated carbocycles. The third-order valence-electron chi connectivity index (χ3n) is 7.22. The van der Waals surface area contributed by atoms with Crippen LogP contribution in [0.3, 0.4) is 0 Å². The van der Waals surface area contributed by atoms with E-state index >= 15 is 0 Å². The van der Waals surface area contributed by atoms with Crippen molar-refractivity contribution < 1.29 is 18.6 Å². The molecule has 1 aliphatic rings. The SMILES string of the molecule is CC1CC[N+](C)(CCC(=O)N(C)C)CCNC(C)CC[N+](C)(CCC(=O)N(C)C)CCN1. The van der Waals surface area contributed by atoms with Crippen molar-refractivity contribution in [2.45, 2.75) is 51.6 Å². The van der Waals surface area contributed by atoms with Crippen LogP contribution < -0.4 is 10.6 Å². The zero-order valence-electron chi connectivity index (χ0n) is 22.2. The van der Waals surface area contributed by atoms with Crippen LogP contribution in [0.2, 0.25) is 0 Å². The van der Waals surface area contributed by atoms with E-state index in [1.165, 1.54) is 0 Å². The number of hydrogen-bond donors (Lipinski definition) is 2. The Morgan fingerprint density at radius 3 is 1.38 bits per heavy atom. The van der Waals surface area contributed by atoms with Gasteiger partial charge in [-0.25, -0.2) is 0 Å². The lowest BCUT2D eigenvalue weighted by Gasteiger charge is -2.38. The molecule has 8 nitrogen and oxygen atoms in total. The Morgan fingerprint density at radius 2 is 1.06 bits per heavy atom. The Bertz CT molecular complexity index is 535. The number of likely N-dealkylation sites (N-methyl/N-ethyl adjacent to an activating group) is 2. The second-order valence-corrected chi connectivity index (χ2v) is 10.9. The van der Waals surface area contributed by atoms with E-state index in [0.29, 0.717) is 24.9 Å². The molecule has 1 saturated heterocycles. The Kier molecular flexibility index (Phi) is 12.1. The maximum atomic E-state index is 12.2. The number of nitrogens with zero attached hydrogens (tertiary/aromatic N) is 4. The van der Waals surface area contributed by atoms with E-state index in [0.717, 1.165) is 74.2 Å². The van der Waals surface area contributed by atoms with Crippen LogP contribution in [0.15, 0.2) is 0 Å². The molecule has 8 heteroatoms. The van der Waals surface area contributed by atoms with Crippen LogP contribution in [0.1, 0.15) is 39.5 Å². The van der Waals surface area contributed by atoms with Gasteiger partial charge in [0.25, 0.3) is 0 Å². The quantitative estimate of drug-likeness (QED) is 0.574. The summed E-state index contributed by atoms with van der Waals surface area (Å²) < 4.78 is 1.84. The molecule has 0 spiro atoms. The normalized spacial score (nSPS) is 30.9. The van der Waals surface area contributed by atoms with Crippen LogP contribution in [0.5, 0.6) is 0 Å². The van der Waals surface area contributed by atoms with E-state index in [1.807, 2.05) is 28.2 Å². The molecule has 188 valence electrons. The van der Waals surface area contributed by atoms with Gasteiger partial charge >= 0.3 is 0 Å². The van der Waals surface area contributed by atoms with E-state index in [1.54, 1.807) is 9.80 Å². The molecule has 0 aromatic heterocycles. The van der Waals surface area contributed by atoms with Gasteiger partial charge in [0.15, 0.2) is 0 Å². The Labute approximate surface area is 197 Å². The van der Waals surface area contributed by atoms with Crippen molar-refractivity contribution in [3.63, 3.8) is 0 Å². The van der Waals surface area contributed by atoms with Gasteiger partial charge in [-0.05, 0) is 13.8 Å². The van der Waals surface area contributed by atoms with E-state index in [4.69, 9.17) is 0 Å². The van der Waals surface area contributed by atoms with Gasteiger partial charge in [-0.2, -0.15) is 0 Å². The number of quaternary nitrogens is 2. The van der Waals surface area contributed by atoms with Gasteiger partial charge in [0, 0.05) is 66.2 Å². The molecular weight excluding hydrogens is 404 g/mol. The van der Waals surface area contributed by atoms with E-state index in [9.17, 15) is 9.59 Å². The molecule has 0 aromatic rings. The summed E-state index contributed by atoms with van der Waals surface area (Å²) in [5, 5.41) is 7.44. The molecule has 4 unspecified atom stereocenters. The van der Waals surface area contributed by atoms with Crippen molar-refractivity contribution in [1.82, 2.24) is 20.4 Å². The molecule has 0 aliphatic carbocycles. The van der Waals surface area contributed by atoms with E-state index in [-0.39, 0.29) is 11.8 Å². The number of rotatable bonds is 6. The standard InChI is InChI=1S/C24H52N6O2/c1-21-9-15-29(7,17-11-23(31)27(3)4)20-14-26-22(2)10-16-30(8,19-13-25-21)18-12-24(32)28(5)6/h21-22,25-26H,9-20H2,1-8H3/q+2. The Hall–Kier alpha value is -1.22. The third-order valence-corrected chi connectivity index (χ3v) is 7.22. The largest absolute Gasteiger partial charge is 0.349 e. The molecule has 1 aliphatic heterocycles. The molecule has 4 atom stereocenters. The van der Waals surface area contributed by atoms with Crippen molar-refractivity contribution in [2.24, 2.45) is 0 Å². The number of hydrogen-bond acceptors (Lipinski definition) is 4. The van der Waals surface area contributed by atoms with Crippen molar-refractivity contribution in [3.8, 4) is 0 Å². The molecule has 0 aromatic carbocycles. The molecule has 0 radical (unpaired) electrons. The summed E-state index contributed by atoms with van der Waals surface area (Å²) in [6.07, 6.45) is 3.38. The average Bonchev–Trinajstić information content (AvgIpc) is 2.72. The molecule has 1 rings (SSSR count). The van der Waals surface area contributed by atoms with Crippen molar-refractivity contribution >= 4 is 11.8 Å². The highest BCUT2D eigenvalue weighted by atomic mass is 16.2. The predicted molar refractivity (Wildman–Crippen MR) is 132 cm³/mol. The van der Waals surface area contributed by atoms with Crippen molar-refractivity contribution in [1.29, 1.82) is 0 Å². The van der Waals surface area contributed by atoms with E-state index in [2.05, 4.69) is 38.6 Å². The summed E-state index contributed by atoms with van der Waals surface area (Å²) in [6, 6.07) is 0.868. The summed E-state index contributed by atoms with van der Waals surface area (Å²) in [5.41, 5.74) is 0. The maximum absolute atomic E-state index is 12.2. The highest BCUT2D eigenvalue weighted by Crippen LogP contribution is 2.12. The first-order valence-electron chi connectivity index (χ1n) is 12.4. The first-order chi connectivity index (χ1) is 14.9. The fourth-order valence-electron chi connectivity index (χ4n) is 4.23. The first-order valence-corrected chi connectivity index (χ1v) is 12.4. The van der Waals surface area contributed by atoms with E-state index < -0.39 is 0 Å². The Balaban J connectivity index is 2.76. The lowest BCUT2D eigenvalue weighted by molar-refractivity contribution is -0.909. The lowest BCUT2D eigenvalue weighted by Crippen LogP contribution is -2.55. The predicted octanol–water partition coefficient (Wildman–Crippen LogP) is 0.586. The van der Waals surface area contributed by atoms with Crippen LogP contribution in [0.25, 0.3) is 0 Å². The maximum Gasteiger partial charge on any atom is 0.227 e. The molecule has 32 heavy (non-hydrogen) atoms. The third kappa shape index (κ3) is 11.1. The minimum Gasteiger partial charge on any atom is -0.349 e. The second kappa shape index (κ2) is 13.5. The van der Waals surface area contributed by atoms with Gasteiger partial charge in [0.05, 0.1) is 66.2 Å². The summed E-state index contributed by atoms with van der Waals surface area (Å²) >= 11 is 0. The smallest absolute Gasteiger partial charge is 0.227 e. The molecular formula is C24H52N6O2+2. The lowest BCUT2D eigenvalue weighted by atomic mass is 10.1. The number of nitrogens with one attached hydrogen (secondary N) is 2. The molecule has 1 fully saturated rings. The van der Waals surface area contributed by atoms with Gasteiger partial charge in [-0.15, -0.1) is 0 Å². The monoisotopic (exact) mass is 456 g/mol. The number of carbonyl (C=O) groups is 2. The molecule has 0 bridgehead atoms. The fraction of sp³-hybridized carbons (Fsp3) is 0.917. The minimum absolute atomic E-state index is 0.209. The zero-order chi connectivity index (χ0) is 24.4. The van der Waals surface area contributed by atoms with Gasteiger partial charge in [-0.1, -0.05) is 0 Å². The highest BCUT2D eigenvalue weighted by molar-refractivity contribution is 5.75. The molecule has 2 amide bonds. The molecule has 2 N–H and O–H groups in total. The van der Waals surface area contributed by atoms with Crippen molar-refractivity contribution in [2.75, 3.05) is 94.6 Å². The van der Waals surface area contributed by atoms with Crippen LogP contribution >= 0.6 is 0 Å². The topological polar surface area (TPSA) is 64.7 Å². The Morgan fingerprint density at radius 1 is 0.719 bits per heavy atom. The first kappa shape index (κ1) is 28.8. The highest BCUT2D eigenvalue weighted by Gasteiger charge is 2.27. The molecule has 1 heterocycles. The summed E-state index contributed by atoms with van der Waals surface area (Å²) in [4.78, 5) is 27.7. The summed E-state index contributed by atoms with van der Waals surface area (Å²) in [6.45, 7) is 12.4. The van der Waals surface area contributed by atoms with Crippen LogP contribution in [0, 0.1) is 0 Å². The average molecular weight is 457 g/mol. The van der Waals surface area contributed by atoms with Gasteiger partial charge < -0.3 is 29.4 Å². The van der Waals surface area contributed by atoms with Crippen molar-refractivity contribution in [3.05, 3.63) is 0 Å². The van der Waals surface area contributed by atoms with Crippen LogP contribution in [-0.2, 0) is 9.59 Å². The van der Waals surface area contributed by atoms with Crippen LogP contribution in [0.4, 0.5) is 0 Å². The van der Waals surface area contributed by atoms with Crippen LogP contribution in [-0.4, -0.2) is 137 Å². The zero-order valence-corrected chi connectivity index (χ0v) is 22.2.